The molecule has 0 saturated heterocycles. The lowest BCUT2D eigenvalue weighted by atomic mass is 9.95. The van der Waals surface area contributed by atoms with E-state index in [9.17, 15) is 5.11 Å². The van der Waals surface area contributed by atoms with Crippen LogP contribution in [0.5, 0.6) is 5.75 Å². The number of hydrogen-bond acceptors (Lipinski definition) is 3. The average Bonchev–Trinajstić information content (AvgIpc) is 2.48. The molecule has 1 aliphatic rings. The number of benzene rings is 1. The molecule has 3 nitrogen and oxygen atoms in total. The highest BCUT2D eigenvalue weighted by Crippen LogP contribution is 2.58. The van der Waals surface area contributed by atoms with Crippen molar-refractivity contribution in [2.45, 2.75) is 97.4 Å². The van der Waals surface area contributed by atoms with Crippen molar-refractivity contribution in [1.82, 2.24) is 0 Å². The lowest BCUT2D eigenvalue weighted by Gasteiger charge is -2.53. The van der Waals surface area contributed by atoms with Crippen LogP contribution in [0.25, 0.3) is 0 Å². The van der Waals surface area contributed by atoms with E-state index in [2.05, 4.69) is 79.0 Å². The van der Waals surface area contributed by atoms with Crippen molar-refractivity contribution in [3.8, 4) is 17.6 Å². The Labute approximate surface area is 178 Å². The largest absolute Gasteiger partial charge is 0.519 e. The molecule has 1 atom stereocenters. The Morgan fingerprint density at radius 3 is 2.10 bits per heavy atom. The van der Waals surface area contributed by atoms with Crippen molar-refractivity contribution >= 4 is 8.56 Å². The first-order valence-corrected chi connectivity index (χ1v) is 12.2. The van der Waals surface area contributed by atoms with Crippen LogP contribution >= 0.6 is 0 Å². The van der Waals surface area contributed by atoms with E-state index in [1.807, 2.05) is 6.92 Å². The van der Waals surface area contributed by atoms with Crippen molar-refractivity contribution in [2.75, 3.05) is 0 Å². The van der Waals surface area contributed by atoms with Crippen LogP contribution in [0, 0.1) is 18.8 Å². The molecule has 0 aliphatic carbocycles. The Morgan fingerprint density at radius 1 is 1.10 bits per heavy atom. The standard InChI is InChI=1S/C25H38O3Si/c1-17(2)14-20-22-19(12-13-25(10,11)26)15-18(3)16-21(22)28-29(27-20,23(4,5)6)24(7,8)9/h15-16,20,26H,1,14H2,2-11H3. The van der Waals surface area contributed by atoms with E-state index in [4.69, 9.17) is 8.85 Å². The van der Waals surface area contributed by atoms with E-state index in [1.165, 1.54) is 0 Å². The molecule has 1 aromatic carbocycles. The van der Waals surface area contributed by atoms with Crippen molar-refractivity contribution in [1.29, 1.82) is 0 Å². The third kappa shape index (κ3) is 4.96. The van der Waals surface area contributed by atoms with Gasteiger partial charge in [0.2, 0.25) is 0 Å². The Hall–Kier alpha value is -1.54. The Bertz CT molecular complexity index is 838. The SMILES string of the molecule is C=C(C)CC1O[Si](C(C)(C)C)(C(C)(C)C)Oc2cc(C)cc(C#CC(C)(C)O)c21. The summed E-state index contributed by atoms with van der Waals surface area (Å²) < 4.78 is 13.8. The fourth-order valence-corrected chi connectivity index (χ4v) is 8.89. The van der Waals surface area contributed by atoms with Crippen LogP contribution < -0.4 is 4.43 Å². The lowest BCUT2D eigenvalue weighted by Crippen LogP contribution is -2.62. The Morgan fingerprint density at radius 2 is 1.66 bits per heavy atom. The molecule has 0 bridgehead atoms. The molecule has 0 radical (unpaired) electrons. The van der Waals surface area contributed by atoms with Crippen LogP contribution in [0.4, 0.5) is 0 Å². The second-order valence-electron chi connectivity index (χ2n) is 11.0. The molecule has 160 valence electrons. The number of hydrogen-bond donors (Lipinski definition) is 1. The number of fused-ring (bicyclic) bond motifs is 1. The molecule has 0 spiro atoms. The quantitative estimate of drug-likeness (QED) is 0.338. The van der Waals surface area contributed by atoms with Crippen molar-refractivity contribution in [2.24, 2.45) is 0 Å². The van der Waals surface area contributed by atoms with Crippen LogP contribution in [0.3, 0.4) is 0 Å². The van der Waals surface area contributed by atoms with Gasteiger partial charge in [0, 0.05) is 21.2 Å². The van der Waals surface area contributed by atoms with Gasteiger partial charge in [0.15, 0.2) is 0 Å². The zero-order valence-corrected chi connectivity index (χ0v) is 20.9. The highest BCUT2D eigenvalue weighted by Gasteiger charge is 2.63. The van der Waals surface area contributed by atoms with Crippen LogP contribution in [0.1, 0.15) is 91.5 Å². The molecule has 1 unspecified atom stereocenters. The third-order valence-electron chi connectivity index (χ3n) is 5.18. The molecule has 1 aromatic rings. The topological polar surface area (TPSA) is 38.7 Å². The van der Waals surface area contributed by atoms with E-state index in [0.717, 1.165) is 34.4 Å². The van der Waals surface area contributed by atoms with Crippen molar-refractivity contribution < 1.29 is 14.0 Å². The molecule has 29 heavy (non-hydrogen) atoms. The monoisotopic (exact) mass is 414 g/mol. The van der Waals surface area contributed by atoms with Crippen molar-refractivity contribution in [3.63, 3.8) is 0 Å². The van der Waals surface area contributed by atoms with Gasteiger partial charge in [0.1, 0.15) is 11.4 Å². The highest BCUT2D eigenvalue weighted by molar-refractivity contribution is 6.74. The van der Waals surface area contributed by atoms with Gasteiger partial charge in [-0.25, -0.2) is 0 Å². The van der Waals surface area contributed by atoms with Gasteiger partial charge in [0.25, 0.3) is 0 Å². The molecular weight excluding hydrogens is 376 g/mol. The summed E-state index contributed by atoms with van der Waals surface area (Å²) in [6, 6.07) is 4.16. The maximum Gasteiger partial charge on any atom is 0.410 e. The molecule has 0 fully saturated rings. The van der Waals surface area contributed by atoms with Crippen molar-refractivity contribution in [3.05, 3.63) is 41.0 Å². The zero-order valence-electron chi connectivity index (χ0n) is 19.9. The molecule has 1 N–H and O–H groups in total. The minimum atomic E-state index is -2.71. The van der Waals surface area contributed by atoms with Gasteiger partial charge in [-0.2, -0.15) is 0 Å². The fourth-order valence-electron chi connectivity index (χ4n) is 4.19. The Balaban J connectivity index is 2.79. The number of aliphatic hydroxyl groups is 1. The van der Waals surface area contributed by atoms with Crippen LogP contribution in [0.15, 0.2) is 24.3 Å². The number of aryl methyl sites for hydroxylation is 1. The van der Waals surface area contributed by atoms with Crippen LogP contribution in [0.2, 0.25) is 10.1 Å². The van der Waals surface area contributed by atoms with Gasteiger partial charge < -0.3 is 14.0 Å². The van der Waals surface area contributed by atoms with Gasteiger partial charge in [-0.15, -0.1) is 6.58 Å². The third-order valence-corrected chi connectivity index (χ3v) is 10.3. The average molecular weight is 415 g/mol. The summed E-state index contributed by atoms with van der Waals surface area (Å²) in [5.74, 6) is 7.02. The van der Waals surface area contributed by atoms with Gasteiger partial charge in [-0.3, -0.25) is 0 Å². The summed E-state index contributed by atoms with van der Waals surface area (Å²) >= 11 is 0. The van der Waals surface area contributed by atoms with E-state index in [0.29, 0.717) is 0 Å². The highest BCUT2D eigenvalue weighted by atomic mass is 28.4. The molecule has 4 heteroatoms. The molecule has 0 saturated carbocycles. The van der Waals surface area contributed by atoms with E-state index < -0.39 is 14.2 Å². The second kappa shape index (κ2) is 7.61. The molecular formula is C25H38O3Si. The smallest absolute Gasteiger partial charge is 0.410 e. The van der Waals surface area contributed by atoms with Crippen LogP contribution in [-0.2, 0) is 4.43 Å². The predicted octanol–water partition coefficient (Wildman–Crippen LogP) is 6.58. The van der Waals surface area contributed by atoms with Gasteiger partial charge in [0.05, 0.1) is 6.10 Å². The lowest BCUT2D eigenvalue weighted by molar-refractivity contribution is 0.0964. The van der Waals surface area contributed by atoms with E-state index in [-0.39, 0.29) is 16.2 Å². The molecule has 2 rings (SSSR count). The normalized spacial score (nSPS) is 18.9. The first-order chi connectivity index (χ1) is 13.0. The Kier molecular flexibility index (Phi) is 6.23. The minimum Gasteiger partial charge on any atom is -0.519 e. The summed E-state index contributed by atoms with van der Waals surface area (Å²) in [4.78, 5) is 0. The maximum absolute atomic E-state index is 10.1. The summed E-state index contributed by atoms with van der Waals surface area (Å²) in [5, 5.41) is 9.86. The van der Waals surface area contributed by atoms with Crippen LogP contribution in [-0.4, -0.2) is 19.3 Å². The zero-order chi connectivity index (χ0) is 22.4. The summed E-state index contributed by atoms with van der Waals surface area (Å²) in [6.07, 6.45) is 0.561. The van der Waals surface area contributed by atoms with E-state index in [1.54, 1.807) is 13.8 Å². The van der Waals surface area contributed by atoms with Gasteiger partial charge >= 0.3 is 8.56 Å². The maximum atomic E-state index is 10.1. The van der Waals surface area contributed by atoms with Gasteiger partial charge in [-0.1, -0.05) is 59.0 Å². The summed E-state index contributed by atoms with van der Waals surface area (Å²) in [6.45, 7) is 24.9. The second-order valence-corrected chi connectivity index (χ2v) is 15.7. The number of rotatable bonds is 2. The molecule has 0 aromatic heterocycles. The fraction of sp³-hybridized carbons (Fsp3) is 0.600. The molecule has 1 aliphatic heterocycles. The predicted molar refractivity (Wildman–Crippen MR) is 123 cm³/mol. The first kappa shape index (κ1) is 23.7. The molecule has 1 heterocycles. The summed E-state index contributed by atoms with van der Waals surface area (Å²) in [7, 11) is -2.71. The first-order valence-electron chi connectivity index (χ1n) is 10.4. The summed E-state index contributed by atoms with van der Waals surface area (Å²) in [5.41, 5.74) is 2.93. The minimum absolute atomic E-state index is 0.126. The van der Waals surface area contributed by atoms with Gasteiger partial charge in [-0.05, 0) is 51.8 Å². The van der Waals surface area contributed by atoms with E-state index >= 15 is 0 Å². The molecule has 0 amide bonds.